The van der Waals surface area contributed by atoms with E-state index < -0.39 is 0 Å². The summed E-state index contributed by atoms with van der Waals surface area (Å²) in [6, 6.07) is 9.31. The summed E-state index contributed by atoms with van der Waals surface area (Å²) < 4.78 is 0. The van der Waals surface area contributed by atoms with Crippen molar-refractivity contribution in [3.63, 3.8) is 0 Å². The minimum atomic E-state index is 0.123. The Morgan fingerprint density at radius 2 is 2.13 bits per heavy atom. The smallest absolute Gasteiger partial charge is 0.182 e. The topological polar surface area (TPSA) is 32.7 Å². The third-order valence-corrected chi connectivity index (χ3v) is 2.20. The van der Waals surface area contributed by atoms with Crippen LogP contribution in [0.2, 0.25) is 0 Å². The van der Waals surface area contributed by atoms with Crippen molar-refractivity contribution >= 4 is 12.1 Å². The van der Waals surface area contributed by atoms with Crippen LogP contribution in [0.15, 0.2) is 47.6 Å². The highest BCUT2D eigenvalue weighted by atomic mass is 16.1. The Morgan fingerprint density at radius 3 is 2.80 bits per heavy atom. The molecule has 0 N–H and O–H groups in total. The molecule has 76 valence electrons. The Hall–Kier alpha value is -1.90. The van der Waals surface area contributed by atoms with Gasteiger partial charge in [-0.25, -0.2) is 4.99 Å². The maximum Gasteiger partial charge on any atom is 0.182 e. The van der Waals surface area contributed by atoms with Gasteiger partial charge in [-0.15, -0.1) is 0 Å². The molecule has 0 bridgehead atoms. The van der Waals surface area contributed by atoms with Gasteiger partial charge in [0.1, 0.15) is 0 Å². The van der Waals surface area contributed by atoms with Crippen LogP contribution in [0.3, 0.4) is 0 Å². The molecular weight excluding hydrogens is 188 g/mol. The number of hydrogen-bond donors (Lipinski definition) is 0. The van der Waals surface area contributed by atoms with Crippen LogP contribution in [0.25, 0.3) is 0 Å². The fraction of sp³-hybridized carbons (Fsp3) is 0.167. The molecule has 2 rings (SSSR count). The highest BCUT2D eigenvalue weighted by Gasteiger charge is 2.09. The number of carbonyl (C=O) groups is 1. The summed E-state index contributed by atoms with van der Waals surface area (Å²) in [4.78, 5) is 17.6. The van der Waals surface area contributed by atoms with Crippen molar-refractivity contribution in [2.24, 2.45) is 4.99 Å². The number of benzene rings is 1. The third kappa shape index (κ3) is 2.53. The van der Waals surface area contributed by atoms with Gasteiger partial charge in [0, 0.05) is 18.3 Å². The number of aliphatic imine (C=N–C) groups is 1. The van der Waals surface area contributed by atoms with Gasteiger partial charge in [-0.05, 0) is 6.08 Å². The van der Waals surface area contributed by atoms with Crippen LogP contribution in [0.4, 0.5) is 0 Å². The zero-order valence-electron chi connectivity index (χ0n) is 8.34. The lowest BCUT2D eigenvalue weighted by molar-refractivity contribution is 0.0967. The molecule has 0 saturated heterocycles. The first kappa shape index (κ1) is 9.65. The van der Waals surface area contributed by atoms with Gasteiger partial charge in [0.15, 0.2) is 5.78 Å². The molecule has 0 saturated carbocycles. The van der Waals surface area contributed by atoms with E-state index in [1.807, 2.05) is 41.3 Å². The summed E-state index contributed by atoms with van der Waals surface area (Å²) in [5.41, 5.74) is 0.750. The summed E-state index contributed by atoms with van der Waals surface area (Å²) in [7, 11) is 0. The number of ketones is 1. The molecule has 3 heteroatoms. The van der Waals surface area contributed by atoms with Crippen LogP contribution in [0.1, 0.15) is 10.4 Å². The molecule has 1 aliphatic rings. The first-order valence-electron chi connectivity index (χ1n) is 4.87. The van der Waals surface area contributed by atoms with Gasteiger partial charge in [0.05, 0.1) is 12.9 Å². The molecular formula is C12H12N2O. The Bertz CT molecular complexity index is 395. The van der Waals surface area contributed by atoms with Crippen molar-refractivity contribution in [3.8, 4) is 0 Å². The van der Waals surface area contributed by atoms with Crippen LogP contribution in [0, 0.1) is 0 Å². The van der Waals surface area contributed by atoms with E-state index in [2.05, 4.69) is 4.99 Å². The standard InChI is InChI=1S/C12H12N2O/c15-12(11-5-2-1-3-6-11)9-14-8-4-7-13-10-14/h1-7,10H,8-9H2. The van der Waals surface area contributed by atoms with E-state index in [1.165, 1.54) is 0 Å². The molecule has 15 heavy (non-hydrogen) atoms. The normalized spacial score (nSPS) is 14.3. The van der Waals surface area contributed by atoms with Gasteiger partial charge >= 0.3 is 0 Å². The molecule has 1 heterocycles. The number of Topliss-reactive ketones (excluding diaryl/α,β-unsaturated/α-hetero) is 1. The largest absolute Gasteiger partial charge is 0.351 e. The van der Waals surface area contributed by atoms with E-state index in [9.17, 15) is 4.79 Å². The third-order valence-electron chi connectivity index (χ3n) is 2.20. The highest BCUT2D eigenvalue weighted by molar-refractivity contribution is 5.98. The molecule has 3 nitrogen and oxygen atoms in total. The zero-order chi connectivity index (χ0) is 10.5. The lowest BCUT2D eigenvalue weighted by Crippen LogP contribution is -2.30. The van der Waals surface area contributed by atoms with Crippen LogP contribution in [-0.4, -0.2) is 30.1 Å². The van der Waals surface area contributed by atoms with E-state index in [0.717, 1.165) is 12.1 Å². The Kier molecular flexibility index (Phi) is 2.93. The van der Waals surface area contributed by atoms with Crippen molar-refractivity contribution in [2.75, 3.05) is 13.1 Å². The second-order valence-corrected chi connectivity index (χ2v) is 3.37. The maximum atomic E-state index is 11.8. The average molecular weight is 200 g/mol. The SMILES string of the molecule is O=C(CN1C=NC=CC1)c1ccccc1. The molecule has 0 fully saturated rings. The fourth-order valence-electron chi connectivity index (χ4n) is 1.43. The molecule has 0 aromatic heterocycles. The number of hydrogen-bond acceptors (Lipinski definition) is 3. The Morgan fingerprint density at radius 1 is 1.33 bits per heavy atom. The maximum absolute atomic E-state index is 11.8. The van der Waals surface area contributed by atoms with Gasteiger partial charge in [-0.3, -0.25) is 4.79 Å². The van der Waals surface area contributed by atoms with Crippen molar-refractivity contribution in [1.29, 1.82) is 0 Å². The Labute approximate surface area is 88.7 Å². The van der Waals surface area contributed by atoms with E-state index >= 15 is 0 Å². The van der Waals surface area contributed by atoms with Crippen molar-refractivity contribution in [2.45, 2.75) is 0 Å². The van der Waals surface area contributed by atoms with E-state index in [0.29, 0.717) is 6.54 Å². The minimum absolute atomic E-state index is 0.123. The second kappa shape index (κ2) is 4.55. The van der Waals surface area contributed by atoms with E-state index in [1.54, 1.807) is 12.5 Å². The monoisotopic (exact) mass is 200 g/mol. The first-order chi connectivity index (χ1) is 7.36. The van der Waals surface area contributed by atoms with Gasteiger partial charge < -0.3 is 4.90 Å². The van der Waals surface area contributed by atoms with Gasteiger partial charge in [-0.2, -0.15) is 0 Å². The summed E-state index contributed by atoms with van der Waals surface area (Å²) in [5.74, 6) is 0.123. The van der Waals surface area contributed by atoms with Crippen molar-refractivity contribution in [3.05, 3.63) is 48.2 Å². The average Bonchev–Trinajstić information content (AvgIpc) is 2.31. The lowest BCUT2D eigenvalue weighted by Gasteiger charge is -2.18. The van der Waals surface area contributed by atoms with E-state index in [4.69, 9.17) is 0 Å². The van der Waals surface area contributed by atoms with Crippen LogP contribution in [-0.2, 0) is 0 Å². The molecule has 1 aromatic carbocycles. The van der Waals surface area contributed by atoms with Crippen LogP contribution >= 0.6 is 0 Å². The van der Waals surface area contributed by atoms with Crippen molar-refractivity contribution < 1.29 is 4.79 Å². The highest BCUT2D eigenvalue weighted by Crippen LogP contribution is 2.02. The number of rotatable bonds is 3. The summed E-state index contributed by atoms with van der Waals surface area (Å²) in [5, 5.41) is 0. The molecule has 1 aromatic rings. The number of nitrogens with zero attached hydrogens (tertiary/aromatic N) is 2. The minimum Gasteiger partial charge on any atom is -0.351 e. The summed E-state index contributed by atoms with van der Waals surface area (Å²) in [6.07, 6.45) is 5.36. The van der Waals surface area contributed by atoms with Crippen molar-refractivity contribution in [1.82, 2.24) is 4.90 Å². The summed E-state index contributed by atoms with van der Waals surface area (Å²) in [6.45, 7) is 1.14. The lowest BCUT2D eigenvalue weighted by atomic mass is 10.1. The first-order valence-corrected chi connectivity index (χ1v) is 4.87. The molecule has 0 unspecified atom stereocenters. The quantitative estimate of drug-likeness (QED) is 0.696. The summed E-state index contributed by atoms with van der Waals surface area (Å²) >= 11 is 0. The predicted molar refractivity (Wildman–Crippen MR) is 60.0 cm³/mol. The molecule has 0 atom stereocenters. The van der Waals surface area contributed by atoms with Gasteiger partial charge in [0.2, 0.25) is 0 Å². The fourth-order valence-corrected chi connectivity index (χ4v) is 1.43. The van der Waals surface area contributed by atoms with Crippen LogP contribution in [0.5, 0.6) is 0 Å². The second-order valence-electron chi connectivity index (χ2n) is 3.37. The van der Waals surface area contributed by atoms with E-state index in [-0.39, 0.29) is 5.78 Å². The molecule has 0 aliphatic carbocycles. The predicted octanol–water partition coefficient (Wildman–Crippen LogP) is 1.73. The molecule has 0 amide bonds. The number of carbonyl (C=O) groups excluding carboxylic acids is 1. The molecule has 1 aliphatic heterocycles. The zero-order valence-corrected chi connectivity index (χ0v) is 8.34. The molecule has 0 spiro atoms. The van der Waals surface area contributed by atoms with Gasteiger partial charge in [0.25, 0.3) is 0 Å². The van der Waals surface area contributed by atoms with Crippen LogP contribution < -0.4 is 0 Å². The Balaban J connectivity index is 1.98. The molecule has 0 radical (unpaired) electrons. The van der Waals surface area contributed by atoms with Gasteiger partial charge in [-0.1, -0.05) is 30.3 Å².